The molecule has 4 nitrogen and oxygen atoms in total. The van der Waals surface area contributed by atoms with Gasteiger partial charge in [-0.15, -0.1) is 0 Å². The summed E-state index contributed by atoms with van der Waals surface area (Å²) in [5.41, 5.74) is 4.53. The number of fused-ring (bicyclic) bond motifs is 1. The second-order valence-corrected chi connectivity index (χ2v) is 7.93. The van der Waals surface area contributed by atoms with Gasteiger partial charge in [0.15, 0.2) is 0 Å². The molecule has 4 rings (SSSR count). The van der Waals surface area contributed by atoms with Crippen LogP contribution >= 0.6 is 0 Å². The van der Waals surface area contributed by atoms with E-state index in [-0.39, 0.29) is 23.9 Å². The third kappa shape index (κ3) is 3.61. The lowest BCUT2D eigenvalue weighted by Gasteiger charge is -2.43. The highest BCUT2D eigenvalue weighted by atomic mass is 16.2. The van der Waals surface area contributed by atoms with E-state index in [1.807, 2.05) is 95.6 Å². The zero-order valence-corrected chi connectivity index (χ0v) is 17.6. The number of amides is 2. The van der Waals surface area contributed by atoms with Gasteiger partial charge >= 0.3 is 0 Å². The first-order chi connectivity index (χ1) is 14.5. The summed E-state index contributed by atoms with van der Waals surface area (Å²) in [6, 6.07) is 25.2. The predicted molar refractivity (Wildman–Crippen MR) is 121 cm³/mol. The van der Waals surface area contributed by atoms with Gasteiger partial charge < -0.3 is 9.80 Å². The van der Waals surface area contributed by atoms with Gasteiger partial charge in [-0.05, 0) is 56.2 Å². The summed E-state index contributed by atoms with van der Waals surface area (Å²) in [7, 11) is 0. The predicted octanol–water partition coefficient (Wildman–Crippen LogP) is 5.53. The zero-order chi connectivity index (χ0) is 21.3. The molecule has 0 aromatic heterocycles. The Morgan fingerprint density at radius 2 is 1.53 bits per heavy atom. The first-order valence-corrected chi connectivity index (χ1v) is 10.3. The molecular formula is C26H26N2O2. The quantitative estimate of drug-likeness (QED) is 0.582. The zero-order valence-electron chi connectivity index (χ0n) is 17.6. The molecule has 3 aromatic rings. The Bertz CT molecular complexity index is 1060. The average molecular weight is 399 g/mol. The molecule has 0 bridgehead atoms. The topological polar surface area (TPSA) is 40.6 Å². The molecule has 0 radical (unpaired) electrons. The van der Waals surface area contributed by atoms with Gasteiger partial charge in [0.25, 0.3) is 5.91 Å². The number of carbonyl (C=O) groups is 2. The fourth-order valence-electron chi connectivity index (χ4n) is 4.34. The van der Waals surface area contributed by atoms with Crippen LogP contribution in [0.2, 0.25) is 0 Å². The summed E-state index contributed by atoms with van der Waals surface area (Å²) in [5.74, 6) is -0.0194. The summed E-state index contributed by atoms with van der Waals surface area (Å²) in [4.78, 5) is 29.8. The highest BCUT2D eigenvalue weighted by molar-refractivity contribution is 6.07. The third-order valence-corrected chi connectivity index (χ3v) is 5.76. The van der Waals surface area contributed by atoms with Crippen LogP contribution in [0.1, 0.15) is 47.8 Å². The molecule has 2 unspecified atom stereocenters. The number of hydrogen-bond donors (Lipinski definition) is 0. The first-order valence-electron chi connectivity index (χ1n) is 10.3. The maximum Gasteiger partial charge on any atom is 0.258 e. The van der Waals surface area contributed by atoms with Gasteiger partial charge in [0.1, 0.15) is 0 Å². The van der Waals surface area contributed by atoms with Crippen molar-refractivity contribution < 1.29 is 9.59 Å². The summed E-state index contributed by atoms with van der Waals surface area (Å²) in [6.07, 6.45) is 0.670. The van der Waals surface area contributed by atoms with E-state index < -0.39 is 0 Å². The maximum absolute atomic E-state index is 13.4. The number of nitrogens with zero attached hydrogens (tertiary/aromatic N) is 2. The number of para-hydroxylation sites is 2. The van der Waals surface area contributed by atoms with E-state index in [0.717, 1.165) is 22.5 Å². The van der Waals surface area contributed by atoms with Crippen molar-refractivity contribution in [3.8, 4) is 0 Å². The Balaban J connectivity index is 1.77. The molecule has 0 N–H and O–H groups in total. The number of anilines is 2. The molecule has 1 aliphatic rings. The van der Waals surface area contributed by atoms with Crippen LogP contribution in [0.15, 0.2) is 78.9 Å². The van der Waals surface area contributed by atoms with E-state index in [4.69, 9.17) is 0 Å². The summed E-state index contributed by atoms with van der Waals surface area (Å²) in [5, 5.41) is 0. The molecule has 2 amide bonds. The van der Waals surface area contributed by atoms with Crippen molar-refractivity contribution >= 4 is 23.2 Å². The number of benzene rings is 3. The molecule has 0 aliphatic carbocycles. The molecular weight excluding hydrogens is 372 g/mol. The van der Waals surface area contributed by atoms with E-state index in [2.05, 4.69) is 6.92 Å². The number of carbonyl (C=O) groups excluding carboxylic acids is 2. The van der Waals surface area contributed by atoms with Crippen LogP contribution in [-0.2, 0) is 4.79 Å². The molecule has 152 valence electrons. The van der Waals surface area contributed by atoms with Gasteiger partial charge in [-0.3, -0.25) is 9.59 Å². The SMILES string of the molecule is CC(=O)N(c1ccccc1)C1CC(C)N(C(=O)c2ccc(C)cc2)c2ccccc21. The van der Waals surface area contributed by atoms with Gasteiger partial charge in [-0.25, -0.2) is 0 Å². The van der Waals surface area contributed by atoms with Crippen LogP contribution < -0.4 is 9.80 Å². The minimum Gasteiger partial charge on any atom is -0.305 e. The third-order valence-electron chi connectivity index (χ3n) is 5.76. The molecule has 30 heavy (non-hydrogen) atoms. The van der Waals surface area contributed by atoms with Crippen LogP contribution in [0, 0.1) is 6.92 Å². The molecule has 0 saturated carbocycles. The number of aryl methyl sites for hydroxylation is 1. The highest BCUT2D eigenvalue weighted by Crippen LogP contribution is 2.42. The van der Waals surface area contributed by atoms with E-state index in [0.29, 0.717) is 12.0 Å². The Labute approximate surface area is 177 Å². The average Bonchev–Trinajstić information content (AvgIpc) is 2.74. The minimum atomic E-state index is -0.127. The molecule has 0 spiro atoms. The Hall–Kier alpha value is -3.40. The van der Waals surface area contributed by atoms with Gasteiger partial charge in [-0.2, -0.15) is 0 Å². The number of rotatable bonds is 3. The van der Waals surface area contributed by atoms with Crippen LogP contribution in [0.4, 0.5) is 11.4 Å². The van der Waals surface area contributed by atoms with Crippen molar-refractivity contribution in [2.24, 2.45) is 0 Å². The van der Waals surface area contributed by atoms with E-state index in [9.17, 15) is 9.59 Å². The Morgan fingerprint density at radius 3 is 2.20 bits per heavy atom. The van der Waals surface area contributed by atoms with Crippen molar-refractivity contribution in [2.75, 3.05) is 9.80 Å². The van der Waals surface area contributed by atoms with E-state index >= 15 is 0 Å². The first kappa shape index (κ1) is 19.9. The molecule has 0 saturated heterocycles. The van der Waals surface area contributed by atoms with Gasteiger partial charge in [-0.1, -0.05) is 54.1 Å². The molecule has 3 aromatic carbocycles. The van der Waals surface area contributed by atoms with Crippen LogP contribution in [0.3, 0.4) is 0 Å². The van der Waals surface area contributed by atoms with E-state index in [1.54, 1.807) is 6.92 Å². The molecule has 4 heteroatoms. The van der Waals surface area contributed by atoms with Crippen molar-refractivity contribution in [3.05, 3.63) is 95.6 Å². The summed E-state index contributed by atoms with van der Waals surface area (Å²) in [6.45, 7) is 5.67. The van der Waals surface area contributed by atoms with Gasteiger partial charge in [0, 0.05) is 29.9 Å². The van der Waals surface area contributed by atoms with Gasteiger partial charge in [0.2, 0.25) is 5.91 Å². The van der Waals surface area contributed by atoms with Crippen LogP contribution in [0.5, 0.6) is 0 Å². The molecule has 2 atom stereocenters. The summed E-state index contributed by atoms with van der Waals surface area (Å²) >= 11 is 0. The highest BCUT2D eigenvalue weighted by Gasteiger charge is 2.37. The second kappa shape index (κ2) is 8.15. The standard InChI is InChI=1S/C26H26N2O2/c1-18-13-15-21(16-14-18)26(30)27-19(2)17-25(23-11-7-8-12-24(23)27)28(20(3)29)22-9-5-4-6-10-22/h4-16,19,25H,17H2,1-3H3. The van der Waals surface area contributed by atoms with Crippen molar-refractivity contribution in [1.29, 1.82) is 0 Å². The largest absolute Gasteiger partial charge is 0.305 e. The smallest absolute Gasteiger partial charge is 0.258 e. The lowest BCUT2D eigenvalue weighted by molar-refractivity contribution is -0.117. The lowest BCUT2D eigenvalue weighted by atomic mass is 9.89. The fourth-order valence-corrected chi connectivity index (χ4v) is 4.34. The van der Waals surface area contributed by atoms with E-state index in [1.165, 1.54) is 0 Å². The Kier molecular flexibility index (Phi) is 5.40. The lowest BCUT2D eigenvalue weighted by Crippen LogP contribution is -2.47. The fraction of sp³-hybridized carbons (Fsp3) is 0.231. The second-order valence-electron chi connectivity index (χ2n) is 7.93. The summed E-state index contributed by atoms with van der Waals surface area (Å²) < 4.78 is 0. The molecule has 1 aliphatic heterocycles. The Morgan fingerprint density at radius 1 is 0.900 bits per heavy atom. The monoisotopic (exact) mass is 398 g/mol. The van der Waals surface area contributed by atoms with Crippen molar-refractivity contribution in [2.45, 2.75) is 39.3 Å². The minimum absolute atomic E-state index is 0.00786. The maximum atomic E-state index is 13.4. The number of hydrogen-bond acceptors (Lipinski definition) is 2. The van der Waals surface area contributed by atoms with Crippen molar-refractivity contribution in [1.82, 2.24) is 0 Å². The van der Waals surface area contributed by atoms with Gasteiger partial charge in [0.05, 0.1) is 6.04 Å². The van der Waals surface area contributed by atoms with Crippen LogP contribution in [0.25, 0.3) is 0 Å². The van der Waals surface area contributed by atoms with Crippen molar-refractivity contribution in [3.63, 3.8) is 0 Å². The molecule has 1 heterocycles. The normalized spacial score (nSPS) is 17.9. The van der Waals surface area contributed by atoms with Crippen LogP contribution in [-0.4, -0.2) is 17.9 Å². The molecule has 0 fully saturated rings.